The van der Waals surface area contributed by atoms with Crippen LogP contribution in [0.15, 0.2) is 11.4 Å². The number of aryl methyl sites for hydroxylation is 1. The van der Waals surface area contributed by atoms with Gasteiger partial charge in [0.15, 0.2) is 0 Å². The summed E-state index contributed by atoms with van der Waals surface area (Å²) in [5.41, 5.74) is 0.471. The maximum atomic E-state index is 12.8. The lowest BCUT2D eigenvalue weighted by Crippen LogP contribution is -2.60. The van der Waals surface area contributed by atoms with Crippen molar-refractivity contribution in [3.05, 3.63) is 21.9 Å². The molecule has 1 unspecified atom stereocenters. The van der Waals surface area contributed by atoms with E-state index in [1.54, 1.807) is 9.80 Å². The quantitative estimate of drug-likeness (QED) is 0.812. The van der Waals surface area contributed by atoms with Crippen molar-refractivity contribution in [2.75, 3.05) is 46.0 Å². The molecule has 2 saturated heterocycles. The molecule has 0 aliphatic carbocycles. The third-order valence-corrected chi connectivity index (χ3v) is 5.33. The molecule has 23 heavy (non-hydrogen) atoms. The lowest BCUT2D eigenvalue weighted by molar-refractivity contribution is -0.171. The maximum absolute atomic E-state index is 12.8. The van der Waals surface area contributed by atoms with Crippen LogP contribution in [-0.2, 0) is 14.3 Å². The minimum Gasteiger partial charge on any atom is -0.376 e. The highest BCUT2D eigenvalue weighted by atomic mass is 32.1. The molecule has 1 aromatic heterocycles. The van der Waals surface area contributed by atoms with E-state index in [0.717, 1.165) is 10.4 Å². The van der Waals surface area contributed by atoms with Crippen LogP contribution in [0.4, 0.5) is 0 Å². The number of carbonyl (C=O) groups excluding carboxylic acids is 2. The van der Waals surface area contributed by atoms with Gasteiger partial charge in [0, 0.05) is 13.1 Å². The summed E-state index contributed by atoms with van der Waals surface area (Å²) in [6.45, 7) is 6.98. The van der Waals surface area contributed by atoms with Gasteiger partial charge in [0.1, 0.15) is 12.2 Å². The lowest BCUT2D eigenvalue weighted by Gasteiger charge is -2.42. The van der Waals surface area contributed by atoms with Crippen LogP contribution in [0.25, 0.3) is 0 Å². The molecular formula is C16H22N2O4S. The minimum absolute atomic E-state index is 0.00544. The first-order valence-electron chi connectivity index (χ1n) is 7.87. The average molecular weight is 338 g/mol. The highest BCUT2D eigenvalue weighted by Gasteiger charge is 2.43. The van der Waals surface area contributed by atoms with Gasteiger partial charge < -0.3 is 19.3 Å². The summed E-state index contributed by atoms with van der Waals surface area (Å²) in [5, 5.41) is 1.98. The fraction of sp³-hybridized carbons (Fsp3) is 0.625. The SMILES string of the molecule is CCN1CC2(COCCN(C(=O)c3cc(C)cs3)C2)OCC1=O. The van der Waals surface area contributed by atoms with Crippen LogP contribution in [0, 0.1) is 6.92 Å². The number of morpholine rings is 1. The molecule has 1 aromatic rings. The van der Waals surface area contributed by atoms with Gasteiger partial charge >= 0.3 is 0 Å². The highest BCUT2D eigenvalue weighted by molar-refractivity contribution is 7.12. The zero-order valence-electron chi connectivity index (χ0n) is 13.5. The summed E-state index contributed by atoms with van der Waals surface area (Å²) < 4.78 is 11.5. The second-order valence-corrected chi connectivity index (χ2v) is 7.06. The Kier molecular flexibility index (Phi) is 4.70. The van der Waals surface area contributed by atoms with Gasteiger partial charge in [-0.05, 0) is 30.9 Å². The van der Waals surface area contributed by atoms with Gasteiger partial charge in [-0.15, -0.1) is 11.3 Å². The van der Waals surface area contributed by atoms with Gasteiger partial charge in [-0.1, -0.05) is 0 Å². The van der Waals surface area contributed by atoms with Crippen molar-refractivity contribution in [1.82, 2.24) is 9.80 Å². The molecule has 126 valence electrons. The van der Waals surface area contributed by atoms with Crippen molar-refractivity contribution in [1.29, 1.82) is 0 Å². The number of carbonyl (C=O) groups is 2. The standard InChI is InChI=1S/C16H22N2O4S/c1-3-17-9-16(22-7-14(17)19)10-18(4-5-21-11-16)15(20)13-6-12(2)8-23-13/h6,8H,3-5,7,9-11H2,1-2H3. The number of hydrogen-bond acceptors (Lipinski definition) is 5. The van der Waals surface area contributed by atoms with E-state index in [0.29, 0.717) is 39.4 Å². The second kappa shape index (κ2) is 6.59. The number of rotatable bonds is 2. The van der Waals surface area contributed by atoms with Gasteiger partial charge in [0.2, 0.25) is 5.91 Å². The van der Waals surface area contributed by atoms with Crippen LogP contribution in [-0.4, -0.2) is 73.2 Å². The number of nitrogens with zero attached hydrogens (tertiary/aromatic N) is 2. The molecule has 2 fully saturated rings. The van der Waals surface area contributed by atoms with Crippen LogP contribution in [0.1, 0.15) is 22.2 Å². The van der Waals surface area contributed by atoms with Crippen LogP contribution in [0.3, 0.4) is 0 Å². The topological polar surface area (TPSA) is 59.1 Å². The van der Waals surface area contributed by atoms with E-state index in [2.05, 4.69) is 0 Å². The second-order valence-electron chi connectivity index (χ2n) is 6.15. The largest absolute Gasteiger partial charge is 0.376 e. The Morgan fingerprint density at radius 2 is 2.26 bits per heavy atom. The van der Waals surface area contributed by atoms with Crippen molar-refractivity contribution in [3.63, 3.8) is 0 Å². The monoisotopic (exact) mass is 338 g/mol. The van der Waals surface area contributed by atoms with E-state index < -0.39 is 5.60 Å². The van der Waals surface area contributed by atoms with Crippen molar-refractivity contribution in [3.8, 4) is 0 Å². The van der Waals surface area contributed by atoms with Crippen LogP contribution in [0.2, 0.25) is 0 Å². The summed E-state index contributed by atoms with van der Waals surface area (Å²) in [5.74, 6) is 0.00523. The maximum Gasteiger partial charge on any atom is 0.264 e. The van der Waals surface area contributed by atoms with E-state index >= 15 is 0 Å². The Morgan fingerprint density at radius 3 is 2.96 bits per heavy atom. The molecule has 3 rings (SSSR count). The van der Waals surface area contributed by atoms with E-state index in [4.69, 9.17) is 9.47 Å². The Bertz CT molecular complexity index is 603. The fourth-order valence-corrected chi connectivity index (χ4v) is 3.90. The number of thiophene rings is 1. The van der Waals surface area contributed by atoms with Crippen molar-refractivity contribution in [2.24, 2.45) is 0 Å². The predicted octanol–water partition coefficient (Wildman–Crippen LogP) is 1.15. The molecule has 1 spiro atoms. The smallest absolute Gasteiger partial charge is 0.264 e. The number of likely N-dealkylation sites (N-methyl/N-ethyl adjacent to an activating group) is 1. The molecule has 0 saturated carbocycles. The third kappa shape index (κ3) is 3.41. The summed E-state index contributed by atoms with van der Waals surface area (Å²) in [6.07, 6.45) is 0. The molecule has 3 heterocycles. The summed E-state index contributed by atoms with van der Waals surface area (Å²) >= 11 is 1.46. The van der Waals surface area contributed by atoms with Crippen molar-refractivity contribution >= 4 is 23.2 Å². The summed E-state index contributed by atoms with van der Waals surface area (Å²) in [7, 11) is 0. The predicted molar refractivity (Wildman–Crippen MR) is 86.7 cm³/mol. The first-order chi connectivity index (χ1) is 11.0. The molecular weight excluding hydrogens is 316 g/mol. The minimum atomic E-state index is -0.623. The molecule has 6 nitrogen and oxygen atoms in total. The first-order valence-corrected chi connectivity index (χ1v) is 8.75. The van der Waals surface area contributed by atoms with E-state index in [1.165, 1.54) is 11.3 Å². The average Bonchev–Trinajstić information content (AvgIpc) is 2.87. The van der Waals surface area contributed by atoms with Gasteiger partial charge in [0.25, 0.3) is 5.91 Å². The molecule has 0 radical (unpaired) electrons. The Morgan fingerprint density at radius 1 is 1.43 bits per heavy atom. The van der Waals surface area contributed by atoms with Gasteiger partial charge in [-0.3, -0.25) is 9.59 Å². The third-order valence-electron chi connectivity index (χ3n) is 4.29. The Hall–Kier alpha value is -1.44. The highest BCUT2D eigenvalue weighted by Crippen LogP contribution is 2.25. The summed E-state index contributed by atoms with van der Waals surface area (Å²) in [6, 6.07) is 1.91. The molecule has 2 amide bonds. The van der Waals surface area contributed by atoms with Crippen molar-refractivity contribution < 1.29 is 19.1 Å². The van der Waals surface area contributed by atoms with E-state index in [1.807, 2.05) is 25.3 Å². The number of ether oxygens (including phenoxy) is 2. The van der Waals surface area contributed by atoms with E-state index in [-0.39, 0.29) is 18.4 Å². The lowest BCUT2D eigenvalue weighted by atomic mass is 10.0. The fourth-order valence-electron chi connectivity index (χ4n) is 3.04. The zero-order chi connectivity index (χ0) is 16.4. The van der Waals surface area contributed by atoms with E-state index in [9.17, 15) is 9.59 Å². The van der Waals surface area contributed by atoms with Crippen LogP contribution >= 0.6 is 11.3 Å². The number of amides is 2. The van der Waals surface area contributed by atoms with Gasteiger partial charge in [-0.2, -0.15) is 0 Å². The normalized spacial score (nSPS) is 25.7. The van der Waals surface area contributed by atoms with Gasteiger partial charge in [-0.25, -0.2) is 0 Å². The first kappa shape index (κ1) is 16.4. The molecule has 0 N–H and O–H groups in total. The Labute approximate surface area is 140 Å². The Balaban J connectivity index is 1.78. The molecule has 1 atom stereocenters. The zero-order valence-corrected chi connectivity index (χ0v) is 14.4. The van der Waals surface area contributed by atoms with Crippen LogP contribution < -0.4 is 0 Å². The van der Waals surface area contributed by atoms with Gasteiger partial charge in [0.05, 0.1) is 31.2 Å². The molecule has 2 aliphatic rings. The van der Waals surface area contributed by atoms with Crippen molar-refractivity contribution in [2.45, 2.75) is 19.4 Å². The van der Waals surface area contributed by atoms with Crippen LogP contribution in [0.5, 0.6) is 0 Å². The summed E-state index contributed by atoms with van der Waals surface area (Å²) in [4.78, 5) is 28.9. The molecule has 0 aromatic carbocycles. The molecule has 7 heteroatoms. The molecule has 0 bridgehead atoms. The number of hydrogen-bond donors (Lipinski definition) is 0. The molecule has 2 aliphatic heterocycles.